The van der Waals surface area contributed by atoms with E-state index in [2.05, 4.69) is 5.32 Å². The summed E-state index contributed by atoms with van der Waals surface area (Å²) in [7, 11) is 0. The third-order valence-electron chi connectivity index (χ3n) is 5.47. The number of anilines is 1. The standard InChI is InChI=1S/C26H31N3O11/c30-21-4-5-22(31)28(21)20-3-1-2-19(18-20)26(35)27-9-11-37-13-15-39-17-16-38-14-12-36-10-8-25(34)40-29-23(32)6-7-24(29)33/h1-5,18H,6-17H2,(H,27,35). The first-order valence-corrected chi connectivity index (χ1v) is 12.7. The lowest BCUT2D eigenvalue weighted by molar-refractivity contribution is -0.198. The summed E-state index contributed by atoms with van der Waals surface area (Å²) in [5.41, 5.74) is 0.640. The molecule has 2 heterocycles. The van der Waals surface area contributed by atoms with Crippen LogP contribution < -0.4 is 10.2 Å². The first-order valence-electron chi connectivity index (χ1n) is 12.7. The molecule has 1 fully saturated rings. The van der Waals surface area contributed by atoms with Crippen molar-refractivity contribution >= 4 is 41.2 Å². The number of nitrogens with zero attached hydrogens (tertiary/aromatic N) is 2. The van der Waals surface area contributed by atoms with Crippen LogP contribution in [0.15, 0.2) is 36.4 Å². The molecule has 0 saturated carbocycles. The fourth-order valence-electron chi connectivity index (χ4n) is 3.50. The van der Waals surface area contributed by atoms with Crippen molar-refractivity contribution in [1.82, 2.24) is 10.4 Å². The maximum absolute atomic E-state index is 12.3. The lowest BCUT2D eigenvalue weighted by Crippen LogP contribution is -2.32. The average molecular weight is 562 g/mol. The van der Waals surface area contributed by atoms with Crippen LogP contribution in [-0.2, 0) is 47.8 Å². The van der Waals surface area contributed by atoms with Crippen molar-refractivity contribution < 1.29 is 52.6 Å². The summed E-state index contributed by atoms with van der Waals surface area (Å²) in [5, 5.41) is 3.21. The van der Waals surface area contributed by atoms with E-state index >= 15 is 0 Å². The van der Waals surface area contributed by atoms with E-state index in [1.165, 1.54) is 18.2 Å². The number of nitrogens with one attached hydrogen (secondary N) is 1. The van der Waals surface area contributed by atoms with Gasteiger partial charge in [-0.15, -0.1) is 5.06 Å². The van der Waals surface area contributed by atoms with E-state index in [9.17, 15) is 28.8 Å². The quantitative estimate of drug-likeness (QED) is 0.188. The minimum absolute atomic E-state index is 0.0439. The van der Waals surface area contributed by atoms with Crippen LogP contribution in [0.1, 0.15) is 29.6 Å². The Morgan fingerprint density at radius 1 is 0.750 bits per heavy atom. The Balaban J connectivity index is 1.11. The van der Waals surface area contributed by atoms with Gasteiger partial charge in [-0.3, -0.25) is 24.0 Å². The lowest BCUT2D eigenvalue weighted by atomic mass is 10.1. The molecule has 1 saturated heterocycles. The van der Waals surface area contributed by atoms with Gasteiger partial charge in [-0.1, -0.05) is 6.07 Å². The number of imide groups is 2. The van der Waals surface area contributed by atoms with Crippen molar-refractivity contribution in [2.24, 2.45) is 0 Å². The van der Waals surface area contributed by atoms with Gasteiger partial charge in [0.1, 0.15) is 0 Å². The lowest BCUT2D eigenvalue weighted by Gasteiger charge is -2.14. The molecule has 0 atom stereocenters. The topological polar surface area (TPSA) is 167 Å². The van der Waals surface area contributed by atoms with Crippen molar-refractivity contribution in [2.45, 2.75) is 19.3 Å². The Hall–Kier alpha value is -3.98. The fraction of sp³-hybridized carbons (Fsp3) is 0.462. The van der Waals surface area contributed by atoms with Crippen LogP contribution in [-0.4, -0.2) is 100.0 Å². The van der Waals surface area contributed by atoms with Gasteiger partial charge >= 0.3 is 5.97 Å². The maximum Gasteiger partial charge on any atom is 0.335 e. The SMILES string of the molecule is O=C(CCOCCOCCOCCOCCNC(=O)c1cccc(N2C(=O)C=CC2=O)c1)ON1C(=O)CCC1=O. The zero-order valence-corrected chi connectivity index (χ0v) is 21.8. The number of carbonyl (C=O) groups is 6. The Morgan fingerprint density at radius 3 is 1.90 bits per heavy atom. The molecule has 2 aliphatic heterocycles. The van der Waals surface area contributed by atoms with Crippen LogP contribution in [0.5, 0.6) is 0 Å². The third-order valence-corrected chi connectivity index (χ3v) is 5.47. The van der Waals surface area contributed by atoms with Gasteiger partial charge < -0.3 is 29.1 Å². The molecular weight excluding hydrogens is 530 g/mol. The van der Waals surface area contributed by atoms with E-state index in [1.54, 1.807) is 18.2 Å². The van der Waals surface area contributed by atoms with Crippen molar-refractivity contribution in [2.75, 3.05) is 64.3 Å². The van der Waals surface area contributed by atoms with Crippen molar-refractivity contribution in [3.8, 4) is 0 Å². The summed E-state index contributed by atoms with van der Waals surface area (Å²) in [5.74, 6) is -3.04. The summed E-state index contributed by atoms with van der Waals surface area (Å²) < 4.78 is 21.4. The van der Waals surface area contributed by atoms with Gasteiger partial charge in [0.05, 0.1) is 65.0 Å². The molecule has 14 heteroatoms. The molecule has 1 aromatic carbocycles. The normalized spacial score (nSPS) is 14.9. The summed E-state index contributed by atoms with van der Waals surface area (Å²) in [4.78, 5) is 76.1. The highest BCUT2D eigenvalue weighted by atomic mass is 16.7. The number of hydrogen-bond acceptors (Lipinski definition) is 11. The number of hydrogen-bond donors (Lipinski definition) is 1. The number of carbonyl (C=O) groups excluding carboxylic acids is 6. The molecule has 40 heavy (non-hydrogen) atoms. The van der Waals surface area contributed by atoms with Crippen LogP contribution in [0.25, 0.3) is 0 Å². The van der Waals surface area contributed by atoms with Crippen LogP contribution in [0, 0.1) is 0 Å². The molecule has 0 unspecified atom stereocenters. The summed E-state index contributed by atoms with van der Waals surface area (Å²) >= 11 is 0. The number of benzene rings is 1. The average Bonchev–Trinajstić information content (AvgIpc) is 3.45. The fourth-order valence-corrected chi connectivity index (χ4v) is 3.50. The summed E-state index contributed by atoms with van der Waals surface area (Å²) in [6.45, 7) is 2.49. The molecular formula is C26H31N3O11. The number of amides is 5. The summed E-state index contributed by atoms with van der Waals surface area (Å²) in [6, 6.07) is 6.23. The molecule has 1 N–H and O–H groups in total. The van der Waals surface area contributed by atoms with Crippen LogP contribution >= 0.6 is 0 Å². The van der Waals surface area contributed by atoms with Crippen molar-refractivity contribution in [3.05, 3.63) is 42.0 Å². The van der Waals surface area contributed by atoms with E-state index in [1.807, 2.05) is 0 Å². The zero-order chi connectivity index (χ0) is 28.7. The van der Waals surface area contributed by atoms with E-state index in [0.717, 1.165) is 4.90 Å². The second-order valence-corrected chi connectivity index (χ2v) is 8.40. The first kappa shape index (κ1) is 30.6. The minimum atomic E-state index is -0.722. The molecule has 0 aliphatic carbocycles. The van der Waals surface area contributed by atoms with Gasteiger partial charge in [-0.05, 0) is 18.2 Å². The van der Waals surface area contributed by atoms with E-state index < -0.39 is 29.6 Å². The molecule has 1 aromatic rings. The Kier molecular flexibility index (Phi) is 12.4. The zero-order valence-electron chi connectivity index (χ0n) is 21.8. The van der Waals surface area contributed by atoms with Gasteiger partial charge in [0.15, 0.2) is 0 Å². The predicted octanol–water partition coefficient (Wildman–Crippen LogP) is -0.0905. The summed E-state index contributed by atoms with van der Waals surface area (Å²) in [6.07, 6.45) is 2.35. The maximum atomic E-state index is 12.3. The van der Waals surface area contributed by atoms with E-state index in [0.29, 0.717) is 49.3 Å². The highest BCUT2D eigenvalue weighted by molar-refractivity contribution is 6.28. The Labute approximate surface area is 230 Å². The van der Waals surface area contributed by atoms with Crippen LogP contribution in [0.4, 0.5) is 5.69 Å². The molecule has 3 rings (SSSR count). The van der Waals surface area contributed by atoms with Crippen LogP contribution in [0.2, 0.25) is 0 Å². The second-order valence-electron chi connectivity index (χ2n) is 8.40. The van der Waals surface area contributed by atoms with E-state index in [-0.39, 0.29) is 51.5 Å². The third kappa shape index (κ3) is 9.64. The minimum Gasteiger partial charge on any atom is -0.378 e. The molecule has 5 amide bonds. The van der Waals surface area contributed by atoms with E-state index in [4.69, 9.17) is 23.8 Å². The Bertz CT molecular complexity index is 1090. The monoisotopic (exact) mass is 561 g/mol. The number of ether oxygens (including phenoxy) is 4. The molecule has 14 nitrogen and oxygen atoms in total. The highest BCUT2D eigenvalue weighted by Crippen LogP contribution is 2.20. The smallest absolute Gasteiger partial charge is 0.335 e. The van der Waals surface area contributed by atoms with Crippen LogP contribution in [0.3, 0.4) is 0 Å². The van der Waals surface area contributed by atoms with Crippen molar-refractivity contribution in [1.29, 1.82) is 0 Å². The largest absolute Gasteiger partial charge is 0.378 e. The first-order chi connectivity index (χ1) is 19.4. The number of rotatable bonds is 18. The predicted molar refractivity (Wildman–Crippen MR) is 135 cm³/mol. The molecule has 0 radical (unpaired) electrons. The van der Waals surface area contributed by atoms with Gasteiger partial charge in [0.25, 0.3) is 29.5 Å². The van der Waals surface area contributed by atoms with Gasteiger partial charge in [0.2, 0.25) is 0 Å². The molecule has 2 aliphatic rings. The Morgan fingerprint density at radius 2 is 1.30 bits per heavy atom. The van der Waals surface area contributed by atoms with Gasteiger partial charge in [-0.2, -0.15) is 0 Å². The molecule has 216 valence electrons. The molecule has 0 spiro atoms. The van der Waals surface area contributed by atoms with Gasteiger partial charge in [-0.25, -0.2) is 9.69 Å². The highest BCUT2D eigenvalue weighted by Gasteiger charge is 2.32. The van der Waals surface area contributed by atoms with Gasteiger partial charge in [0, 0.05) is 37.1 Å². The number of hydroxylamine groups is 2. The molecule has 0 bridgehead atoms. The molecule has 0 aromatic heterocycles. The second kappa shape index (κ2) is 16.2. The van der Waals surface area contributed by atoms with Crippen molar-refractivity contribution in [3.63, 3.8) is 0 Å².